The average Bonchev–Trinajstić information content (AvgIpc) is 2.26. The van der Waals surface area contributed by atoms with Gasteiger partial charge in [0.2, 0.25) is 5.91 Å². The van der Waals surface area contributed by atoms with Gasteiger partial charge in [0.25, 0.3) is 0 Å². The van der Waals surface area contributed by atoms with Gasteiger partial charge in [0.1, 0.15) is 0 Å². The van der Waals surface area contributed by atoms with Crippen molar-refractivity contribution in [2.24, 2.45) is 0 Å². The molecule has 0 aliphatic rings. The number of carbonyl (C=O) groups is 2. The molecule has 3 amide bonds. The number of aliphatic hydroxyl groups excluding tert-OH is 2. The highest BCUT2D eigenvalue weighted by atomic mass is 16.3. The van der Waals surface area contributed by atoms with Crippen molar-refractivity contribution < 1.29 is 19.8 Å². The van der Waals surface area contributed by atoms with Crippen LogP contribution in [0.3, 0.4) is 0 Å². The zero-order valence-electron chi connectivity index (χ0n) is 9.40. The van der Waals surface area contributed by atoms with Gasteiger partial charge in [0.05, 0.1) is 13.2 Å². The first kappa shape index (κ1) is 14.8. The third kappa shape index (κ3) is 7.16. The number of hydrogen-bond acceptors (Lipinski definition) is 5. The molecule has 0 rings (SSSR count). The lowest BCUT2D eigenvalue weighted by molar-refractivity contribution is -0.120. The summed E-state index contributed by atoms with van der Waals surface area (Å²) in [7, 11) is 1.42. The summed E-state index contributed by atoms with van der Waals surface area (Å²) < 4.78 is 0. The van der Waals surface area contributed by atoms with Crippen LogP contribution < -0.4 is 10.6 Å². The molecule has 0 aromatic heterocycles. The van der Waals surface area contributed by atoms with E-state index in [-0.39, 0.29) is 25.5 Å². The fraction of sp³-hybridized carbons (Fsp3) is 0.778. The van der Waals surface area contributed by atoms with Gasteiger partial charge in [-0.1, -0.05) is 0 Å². The van der Waals surface area contributed by atoms with Crippen LogP contribution in [-0.2, 0) is 4.79 Å². The average molecular weight is 233 g/mol. The number of rotatable bonds is 7. The molecule has 0 saturated carbocycles. The Morgan fingerprint density at radius 3 is 2.12 bits per heavy atom. The van der Waals surface area contributed by atoms with Gasteiger partial charge >= 0.3 is 6.03 Å². The molecule has 0 fully saturated rings. The molecule has 0 radical (unpaired) electrons. The fourth-order valence-corrected chi connectivity index (χ4v) is 1.13. The summed E-state index contributed by atoms with van der Waals surface area (Å²) in [5, 5.41) is 21.8. The van der Waals surface area contributed by atoms with E-state index in [1.54, 1.807) is 4.90 Å². The number of carbonyl (C=O) groups excluding carboxylic acids is 2. The van der Waals surface area contributed by atoms with Crippen molar-refractivity contribution in [2.45, 2.75) is 6.42 Å². The van der Waals surface area contributed by atoms with Crippen LogP contribution in [0.5, 0.6) is 0 Å². The Hall–Kier alpha value is -1.18. The summed E-state index contributed by atoms with van der Waals surface area (Å²) in [5.41, 5.74) is 0. The Kier molecular flexibility index (Phi) is 8.41. The fourth-order valence-electron chi connectivity index (χ4n) is 1.13. The molecule has 7 heteroatoms. The van der Waals surface area contributed by atoms with Crippen molar-refractivity contribution in [2.75, 3.05) is 39.9 Å². The molecule has 0 bridgehead atoms. The van der Waals surface area contributed by atoms with E-state index in [1.807, 2.05) is 0 Å². The van der Waals surface area contributed by atoms with Crippen LogP contribution in [0, 0.1) is 0 Å². The monoisotopic (exact) mass is 233 g/mol. The smallest absolute Gasteiger partial charge is 0.321 e. The summed E-state index contributed by atoms with van der Waals surface area (Å²) in [4.78, 5) is 23.7. The number of nitrogens with one attached hydrogen (secondary N) is 2. The van der Waals surface area contributed by atoms with E-state index in [1.165, 1.54) is 7.05 Å². The molecule has 0 spiro atoms. The molecule has 0 aromatic rings. The molecule has 0 saturated heterocycles. The number of imide groups is 1. The molecular formula is C9H19N3O4. The Bertz CT molecular complexity index is 217. The molecule has 0 heterocycles. The highest BCUT2D eigenvalue weighted by Crippen LogP contribution is 1.91. The van der Waals surface area contributed by atoms with Crippen LogP contribution in [0.25, 0.3) is 0 Å². The molecule has 0 unspecified atom stereocenters. The van der Waals surface area contributed by atoms with Crippen molar-refractivity contribution >= 4 is 11.9 Å². The zero-order chi connectivity index (χ0) is 12.4. The predicted octanol–water partition coefficient (Wildman–Crippen LogP) is -1.88. The van der Waals surface area contributed by atoms with Crippen LogP contribution in [0.15, 0.2) is 0 Å². The van der Waals surface area contributed by atoms with Crippen molar-refractivity contribution in [3.8, 4) is 0 Å². The van der Waals surface area contributed by atoms with Crippen LogP contribution in [0.4, 0.5) is 4.79 Å². The van der Waals surface area contributed by atoms with Crippen molar-refractivity contribution in [3.63, 3.8) is 0 Å². The summed E-state index contributed by atoms with van der Waals surface area (Å²) >= 11 is 0. The maximum Gasteiger partial charge on any atom is 0.321 e. The highest BCUT2D eigenvalue weighted by molar-refractivity contribution is 5.94. The molecule has 0 atom stereocenters. The minimum absolute atomic E-state index is 0.0307. The quantitative estimate of drug-likeness (QED) is 0.412. The van der Waals surface area contributed by atoms with E-state index >= 15 is 0 Å². The van der Waals surface area contributed by atoms with E-state index in [9.17, 15) is 9.59 Å². The van der Waals surface area contributed by atoms with Gasteiger partial charge < -0.3 is 15.5 Å². The van der Waals surface area contributed by atoms with E-state index in [0.29, 0.717) is 19.6 Å². The van der Waals surface area contributed by atoms with Gasteiger partial charge in [-0.15, -0.1) is 0 Å². The third-order valence-corrected chi connectivity index (χ3v) is 1.97. The van der Waals surface area contributed by atoms with Crippen LogP contribution in [0.2, 0.25) is 0 Å². The maximum absolute atomic E-state index is 11.2. The second kappa shape index (κ2) is 9.08. The maximum atomic E-state index is 11.2. The van der Waals surface area contributed by atoms with Crippen molar-refractivity contribution in [1.29, 1.82) is 0 Å². The van der Waals surface area contributed by atoms with Crippen molar-refractivity contribution in [1.82, 2.24) is 15.5 Å². The van der Waals surface area contributed by atoms with E-state index in [0.717, 1.165) is 0 Å². The summed E-state index contributed by atoms with van der Waals surface area (Å²) in [6.45, 7) is 1.12. The van der Waals surface area contributed by atoms with Crippen molar-refractivity contribution in [3.05, 3.63) is 0 Å². The van der Waals surface area contributed by atoms with Gasteiger partial charge in [0, 0.05) is 33.1 Å². The summed E-state index contributed by atoms with van der Waals surface area (Å²) in [6, 6.07) is -0.541. The van der Waals surface area contributed by atoms with Gasteiger partial charge in [-0.25, -0.2) is 4.79 Å². The highest BCUT2D eigenvalue weighted by Gasteiger charge is 2.09. The van der Waals surface area contributed by atoms with Gasteiger partial charge in [0.15, 0.2) is 0 Å². The number of amides is 3. The molecule has 0 aliphatic heterocycles. The van der Waals surface area contributed by atoms with E-state index < -0.39 is 6.03 Å². The number of hydrogen-bond donors (Lipinski definition) is 4. The Morgan fingerprint density at radius 1 is 1.12 bits per heavy atom. The van der Waals surface area contributed by atoms with Crippen LogP contribution in [0.1, 0.15) is 6.42 Å². The van der Waals surface area contributed by atoms with Gasteiger partial charge in [-0.2, -0.15) is 0 Å². The first-order valence-electron chi connectivity index (χ1n) is 5.09. The number of urea groups is 1. The van der Waals surface area contributed by atoms with Gasteiger partial charge in [-0.3, -0.25) is 15.0 Å². The molecule has 0 aliphatic carbocycles. The SMILES string of the molecule is CNC(=O)NC(=O)CCN(CCO)CCO. The normalized spacial score (nSPS) is 10.2. The second-order valence-corrected chi connectivity index (χ2v) is 3.17. The van der Waals surface area contributed by atoms with E-state index in [2.05, 4.69) is 10.6 Å². The standard InChI is InChI=1S/C9H19N3O4/c1-10-9(16)11-8(15)2-3-12(4-6-13)5-7-14/h13-14H,2-7H2,1H3,(H2,10,11,15,16). The lowest BCUT2D eigenvalue weighted by atomic mass is 10.3. The molecule has 16 heavy (non-hydrogen) atoms. The first-order chi connectivity index (χ1) is 7.63. The second-order valence-electron chi connectivity index (χ2n) is 3.17. The largest absolute Gasteiger partial charge is 0.395 e. The van der Waals surface area contributed by atoms with Gasteiger partial charge in [-0.05, 0) is 0 Å². The number of aliphatic hydroxyl groups is 2. The molecular weight excluding hydrogens is 214 g/mol. The van der Waals surface area contributed by atoms with Crippen LogP contribution >= 0.6 is 0 Å². The first-order valence-corrected chi connectivity index (χ1v) is 5.09. The Balaban J connectivity index is 3.81. The molecule has 7 nitrogen and oxygen atoms in total. The Morgan fingerprint density at radius 2 is 1.69 bits per heavy atom. The minimum atomic E-state index is -0.541. The lowest BCUT2D eigenvalue weighted by Crippen LogP contribution is -2.40. The summed E-state index contributed by atoms with van der Waals surface area (Å²) in [6.07, 6.45) is 0.146. The minimum Gasteiger partial charge on any atom is -0.395 e. The molecule has 94 valence electrons. The topological polar surface area (TPSA) is 102 Å². The molecule has 4 N–H and O–H groups in total. The lowest BCUT2D eigenvalue weighted by Gasteiger charge is -2.19. The predicted molar refractivity (Wildman–Crippen MR) is 57.8 cm³/mol. The van der Waals surface area contributed by atoms with Crippen LogP contribution in [-0.4, -0.2) is 66.9 Å². The van der Waals surface area contributed by atoms with E-state index in [4.69, 9.17) is 10.2 Å². The summed E-state index contributed by atoms with van der Waals surface area (Å²) in [5.74, 6) is -0.389. The Labute approximate surface area is 94.4 Å². The zero-order valence-corrected chi connectivity index (χ0v) is 9.40. The molecule has 0 aromatic carbocycles. The third-order valence-electron chi connectivity index (χ3n) is 1.97. The number of nitrogens with zero attached hydrogens (tertiary/aromatic N) is 1.